The molecule has 2 heterocycles. The first-order valence-corrected chi connectivity index (χ1v) is 4.70. The molecule has 0 fully saturated rings. The molecule has 74 valence electrons. The summed E-state index contributed by atoms with van der Waals surface area (Å²) in [5.41, 5.74) is 1.72. The molecule has 3 nitrogen and oxygen atoms in total. The number of aromatic nitrogens is 1. The molecule has 0 aliphatic carbocycles. The Morgan fingerprint density at radius 1 is 1.50 bits per heavy atom. The average Bonchev–Trinajstić information content (AvgIpc) is 2.87. The second kappa shape index (κ2) is 3.72. The molecule has 1 atom stereocenters. The normalized spacial score (nSPS) is 13.0. The van der Waals surface area contributed by atoms with E-state index < -0.39 is 6.10 Å². The van der Waals surface area contributed by atoms with Crippen LogP contribution in [0, 0.1) is 0 Å². The molecule has 2 rings (SSSR count). The summed E-state index contributed by atoms with van der Waals surface area (Å²) < 4.78 is 5.26. The highest BCUT2D eigenvalue weighted by Crippen LogP contribution is 2.25. The molecule has 0 spiro atoms. The van der Waals surface area contributed by atoms with Crippen LogP contribution in [-0.4, -0.2) is 10.1 Å². The van der Waals surface area contributed by atoms with E-state index in [1.807, 2.05) is 19.1 Å². The number of rotatable bonds is 3. The Labute approximate surface area is 82.4 Å². The lowest BCUT2D eigenvalue weighted by Crippen LogP contribution is -1.99. The molecule has 2 aromatic rings. The number of H-pyrrole nitrogens is 1. The third-order valence-electron chi connectivity index (χ3n) is 2.33. The van der Waals surface area contributed by atoms with Crippen LogP contribution < -0.4 is 0 Å². The van der Waals surface area contributed by atoms with Crippen LogP contribution in [0.4, 0.5) is 0 Å². The van der Waals surface area contributed by atoms with Gasteiger partial charge in [0.15, 0.2) is 0 Å². The van der Waals surface area contributed by atoms with E-state index in [0.717, 1.165) is 23.3 Å². The monoisotopic (exact) mass is 191 g/mol. The minimum atomic E-state index is -0.588. The molecule has 0 bridgehead atoms. The van der Waals surface area contributed by atoms with Crippen LogP contribution in [0.3, 0.4) is 0 Å². The van der Waals surface area contributed by atoms with Gasteiger partial charge in [0.2, 0.25) is 0 Å². The summed E-state index contributed by atoms with van der Waals surface area (Å²) in [5.74, 6) is 0.846. The molecular weight excluding hydrogens is 178 g/mol. The SMILES string of the molecule is CCc1occc1C(O)c1cc[nH]c1. The Morgan fingerprint density at radius 2 is 2.36 bits per heavy atom. The number of aryl methyl sites for hydroxylation is 1. The standard InChI is InChI=1S/C11H13NO2/c1-2-10-9(4-6-14-10)11(13)8-3-5-12-7-8/h3-7,11-13H,2H2,1H3. The maximum Gasteiger partial charge on any atom is 0.109 e. The summed E-state index contributed by atoms with van der Waals surface area (Å²) in [7, 11) is 0. The fraction of sp³-hybridized carbons (Fsp3) is 0.273. The molecule has 14 heavy (non-hydrogen) atoms. The van der Waals surface area contributed by atoms with Crippen molar-refractivity contribution < 1.29 is 9.52 Å². The van der Waals surface area contributed by atoms with Gasteiger partial charge >= 0.3 is 0 Å². The number of hydrogen-bond acceptors (Lipinski definition) is 2. The van der Waals surface area contributed by atoms with E-state index in [2.05, 4.69) is 4.98 Å². The van der Waals surface area contributed by atoms with Crippen molar-refractivity contribution in [3.63, 3.8) is 0 Å². The van der Waals surface area contributed by atoms with Gasteiger partial charge in [0.25, 0.3) is 0 Å². The van der Waals surface area contributed by atoms with E-state index in [4.69, 9.17) is 4.42 Å². The molecule has 0 radical (unpaired) electrons. The zero-order chi connectivity index (χ0) is 9.97. The van der Waals surface area contributed by atoms with Gasteiger partial charge in [-0.15, -0.1) is 0 Å². The predicted octanol–water partition coefficient (Wildman–Crippen LogP) is 2.25. The van der Waals surface area contributed by atoms with Gasteiger partial charge in [-0.25, -0.2) is 0 Å². The van der Waals surface area contributed by atoms with Gasteiger partial charge in [0.1, 0.15) is 11.9 Å². The molecule has 0 aliphatic rings. The van der Waals surface area contributed by atoms with Crippen LogP contribution in [0.2, 0.25) is 0 Å². The van der Waals surface area contributed by atoms with Gasteiger partial charge in [0, 0.05) is 29.9 Å². The number of aliphatic hydroxyl groups is 1. The summed E-state index contributed by atoms with van der Waals surface area (Å²) in [6.07, 6.45) is 5.41. The summed E-state index contributed by atoms with van der Waals surface area (Å²) in [4.78, 5) is 2.92. The third-order valence-corrected chi connectivity index (χ3v) is 2.33. The highest BCUT2D eigenvalue weighted by Gasteiger charge is 2.16. The molecule has 0 saturated heterocycles. The first kappa shape index (κ1) is 9.09. The Balaban J connectivity index is 2.31. The van der Waals surface area contributed by atoms with E-state index in [-0.39, 0.29) is 0 Å². The van der Waals surface area contributed by atoms with Gasteiger partial charge in [-0.3, -0.25) is 0 Å². The fourth-order valence-electron chi connectivity index (χ4n) is 1.57. The van der Waals surface area contributed by atoms with E-state index in [1.54, 1.807) is 18.7 Å². The highest BCUT2D eigenvalue weighted by molar-refractivity contribution is 5.29. The molecule has 2 N–H and O–H groups in total. The topological polar surface area (TPSA) is 49.2 Å². The van der Waals surface area contributed by atoms with E-state index in [1.165, 1.54) is 0 Å². The minimum absolute atomic E-state index is 0.588. The van der Waals surface area contributed by atoms with Crippen molar-refractivity contribution in [3.8, 4) is 0 Å². The quantitative estimate of drug-likeness (QED) is 0.781. The summed E-state index contributed by atoms with van der Waals surface area (Å²) in [6, 6.07) is 3.67. The number of aromatic amines is 1. The molecule has 3 heteroatoms. The van der Waals surface area contributed by atoms with Gasteiger partial charge in [-0.2, -0.15) is 0 Å². The van der Waals surface area contributed by atoms with Crippen LogP contribution in [0.25, 0.3) is 0 Å². The molecule has 0 amide bonds. The van der Waals surface area contributed by atoms with Gasteiger partial charge < -0.3 is 14.5 Å². The molecule has 0 aromatic carbocycles. The molecule has 0 aliphatic heterocycles. The van der Waals surface area contributed by atoms with Crippen molar-refractivity contribution in [2.24, 2.45) is 0 Å². The smallest absolute Gasteiger partial charge is 0.109 e. The van der Waals surface area contributed by atoms with E-state index in [0.29, 0.717) is 0 Å². The van der Waals surface area contributed by atoms with E-state index >= 15 is 0 Å². The van der Waals surface area contributed by atoms with Gasteiger partial charge in [-0.1, -0.05) is 6.92 Å². The van der Waals surface area contributed by atoms with Crippen molar-refractivity contribution in [3.05, 3.63) is 47.7 Å². The molecule has 0 saturated carbocycles. The molecule has 2 aromatic heterocycles. The van der Waals surface area contributed by atoms with Crippen molar-refractivity contribution in [2.45, 2.75) is 19.4 Å². The summed E-state index contributed by atoms with van der Waals surface area (Å²) in [5, 5.41) is 10.0. The van der Waals surface area contributed by atoms with Crippen LogP contribution >= 0.6 is 0 Å². The Hall–Kier alpha value is -1.48. The second-order valence-electron chi connectivity index (χ2n) is 3.20. The van der Waals surface area contributed by atoms with Crippen molar-refractivity contribution >= 4 is 0 Å². The maximum absolute atomic E-state index is 10.0. The molecular formula is C11H13NO2. The average molecular weight is 191 g/mol. The first-order valence-electron chi connectivity index (χ1n) is 4.70. The first-order chi connectivity index (χ1) is 6.83. The lowest BCUT2D eigenvalue weighted by Gasteiger charge is -2.07. The lowest BCUT2D eigenvalue weighted by atomic mass is 10.0. The number of aliphatic hydroxyl groups excluding tert-OH is 1. The van der Waals surface area contributed by atoms with Crippen molar-refractivity contribution in [1.82, 2.24) is 4.98 Å². The third kappa shape index (κ3) is 1.46. The Bertz CT molecular complexity index is 389. The largest absolute Gasteiger partial charge is 0.469 e. The van der Waals surface area contributed by atoms with Crippen LogP contribution in [0.1, 0.15) is 29.9 Å². The zero-order valence-corrected chi connectivity index (χ0v) is 8.03. The fourth-order valence-corrected chi connectivity index (χ4v) is 1.57. The van der Waals surface area contributed by atoms with Crippen molar-refractivity contribution in [1.29, 1.82) is 0 Å². The number of nitrogens with one attached hydrogen (secondary N) is 1. The minimum Gasteiger partial charge on any atom is -0.469 e. The second-order valence-corrected chi connectivity index (χ2v) is 3.20. The van der Waals surface area contributed by atoms with Crippen LogP contribution in [0.5, 0.6) is 0 Å². The van der Waals surface area contributed by atoms with Crippen LogP contribution in [-0.2, 0) is 6.42 Å². The Morgan fingerprint density at radius 3 is 3.00 bits per heavy atom. The Kier molecular flexibility index (Phi) is 2.41. The maximum atomic E-state index is 10.0. The highest BCUT2D eigenvalue weighted by atomic mass is 16.3. The zero-order valence-electron chi connectivity index (χ0n) is 8.03. The van der Waals surface area contributed by atoms with Gasteiger partial charge in [0.05, 0.1) is 6.26 Å². The van der Waals surface area contributed by atoms with Crippen molar-refractivity contribution in [2.75, 3.05) is 0 Å². The van der Waals surface area contributed by atoms with Crippen LogP contribution in [0.15, 0.2) is 35.2 Å². The molecule has 1 unspecified atom stereocenters. The predicted molar refractivity (Wildman–Crippen MR) is 52.9 cm³/mol. The number of furan rings is 1. The summed E-state index contributed by atoms with van der Waals surface area (Å²) in [6.45, 7) is 2.01. The summed E-state index contributed by atoms with van der Waals surface area (Å²) >= 11 is 0. The number of hydrogen-bond donors (Lipinski definition) is 2. The lowest BCUT2D eigenvalue weighted by molar-refractivity contribution is 0.217. The van der Waals surface area contributed by atoms with E-state index in [9.17, 15) is 5.11 Å². The van der Waals surface area contributed by atoms with Gasteiger partial charge in [-0.05, 0) is 12.1 Å².